The summed E-state index contributed by atoms with van der Waals surface area (Å²) < 4.78 is 6.07. The van der Waals surface area contributed by atoms with Gasteiger partial charge in [-0.05, 0) is 51.4 Å². The molecule has 0 bridgehead atoms. The van der Waals surface area contributed by atoms with Crippen molar-refractivity contribution in [3.63, 3.8) is 0 Å². The molecule has 2 nitrogen and oxygen atoms in total. The van der Waals surface area contributed by atoms with Crippen LogP contribution in [-0.4, -0.2) is 17.7 Å². The van der Waals surface area contributed by atoms with E-state index in [9.17, 15) is 0 Å². The second kappa shape index (κ2) is 4.40. The minimum absolute atomic E-state index is 0.0809. The monoisotopic (exact) mass is 237 g/mol. The first kappa shape index (κ1) is 13.1. The molecule has 2 aliphatic rings. The first-order chi connectivity index (χ1) is 7.76. The molecule has 2 unspecified atom stereocenters. The summed E-state index contributed by atoms with van der Waals surface area (Å²) in [5.41, 5.74) is 8.06. The fraction of sp³-hybridized carbons (Fsp3) is 0.867. The number of hydrogen-bond acceptors (Lipinski definition) is 2. The van der Waals surface area contributed by atoms with Gasteiger partial charge in [0.2, 0.25) is 0 Å². The second-order valence-corrected chi connectivity index (χ2v) is 7.28. The van der Waals surface area contributed by atoms with Crippen molar-refractivity contribution in [1.82, 2.24) is 0 Å². The van der Waals surface area contributed by atoms with E-state index in [1.165, 1.54) is 24.8 Å². The predicted octanol–water partition coefficient (Wildman–Crippen LogP) is 3.41. The van der Waals surface area contributed by atoms with Crippen LogP contribution in [-0.2, 0) is 4.74 Å². The average molecular weight is 237 g/mol. The molecule has 0 spiro atoms. The van der Waals surface area contributed by atoms with E-state index in [1.807, 2.05) is 0 Å². The number of nitrogens with two attached hydrogens (primary N) is 1. The van der Waals surface area contributed by atoms with E-state index in [1.54, 1.807) is 0 Å². The normalized spacial score (nSPS) is 35.7. The van der Waals surface area contributed by atoms with Gasteiger partial charge in [-0.1, -0.05) is 25.5 Å². The molecule has 0 radical (unpaired) electrons. The number of rotatable bonds is 2. The second-order valence-electron chi connectivity index (χ2n) is 7.28. The van der Waals surface area contributed by atoms with Crippen molar-refractivity contribution >= 4 is 0 Å². The van der Waals surface area contributed by atoms with Gasteiger partial charge < -0.3 is 10.5 Å². The molecule has 0 saturated carbocycles. The highest BCUT2D eigenvalue weighted by Gasteiger charge is 2.34. The highest BCUT2D eigenvalue weighted by atomic mass is 16.5. The molecule has 2 rings (SSSR count). The highest BCUT2D eigenvalue weighted by molar-refractivity contribution is 5.15. The summed E-state index contributed by atoms with van der Waals surface area (Å²) in [5.74, 6) is 0. The molecule has 0 aromatic rings. The van der Waals surface area contributed by atoms with Gasteiger partial charge in [0.25, 0.3) is 0 Å². The quantitative estimate of drug-likeness (QED) is 0.747. The highest BCUT2D eigenvalue weighted by Crippen LogP contribution is 2.39. The Kier molecular flexibility index (Phi) is 3.39. The van der Waals surface area contributed by atoms with Crippen molar-refractivity contribution in [3.8, 4) is 0 Å². The SMILES string of the molecule is CC1(C)CC(CC2CCC(C)(C)O2)=CC(N)C1. The van der Waals surface area contributed by atoms with Crippen molar-refractivity contribution in [2.24, 2.45) is 11.1 Å². The maximum absolute atomic E-state index is 6.11. The zero-order chi connectivity index (χ0) is 12.7. The molecule has 1 heterocycles. The molecule has 2 heteroatoms. The molecule has 98 valence electrons. The predicted molar refractivity (Wildman–Crippen MR) is 71.9 cm³/mol. The van der Waals surface area contributed by atoms with E-state index in [4.69, 9.17) is 10.5 Å². The molecule has 17 heavy (non-hydrogen) atoms. The summed E-state index contributed by atoms with van der Waals surface area (Å²) in [7, 11) is 0. The van der Waals surface area contributed by atoms with Crippen LogP contribution >= 0.6 is 0 Å². The van der Waals surface area contributed by atoms with Gasteiger partial charge in [-0.2, -0.15) is 0 Å². The summed E-state index contributed by atoms with van der Waals surface area (Å²) in [6, 6.07) is 0.239. The molecular weight excluding hydrogens is 210 g/mol. The maximum Gasteiger partial charge on any atom is 0.0631 e. The van der Waals surface area contributed by atoms with Gasteiger partial charge in [0, 0.05) is 6.04 Å². The largest absolute Gasteiger partial charge is 0.372 e. The Morgan fingerprint density at radius 3 is 2.59 bits per heavy atom. The van der Waals surface area contributed by atoms with E-state index < -0.39 is 0 Å². The van der Waals surface area contributed by atoms with E-state index in [0.717, 1.165) is 12.8 Å². The van der Waals surface area contributed by atoms with Gasteiger partial charge in [-0.3, -0.25) is 0 Å². The van der Waals surface area contributed by atoms with E-state index in [2.05, 4.69) is 33.8 Å². The van der Waals surface area contributed by atoms with Crippen LogP contribution in [0.1, 0.15) is 59.8 Å². The third-order valence-corrected chi connectivity index (χ3v) is 3.99. The van der Waals surface area contributed by atoms with E-state index in [-0.39, 0.29) is 11.6 Å². The summed E-state index contributed by atoms with van der Waals surface area (Å²) in [4.78, 5) is 0. The lowest BCUT2D eigenvalue weighted by Crippen LogP contribution is -2.32. The van der Waals surface area contributed by atoms with Crippen molar-refractivity contribution in [2.75, 3.05) is 0 Å². The zero-order valence-corrected chi connectivity index (χ0v) is 11.8. The van der Waals surface area contributed by atoms with Crippen LogP contribution in [0.2, 0.25) is 0 Å². The molecule has 0 aromatic carbocycles. The fourth-order valence-corrected chi connectivity index (χ4v) is 3.40. The van der Waals surface area contributed by atoms with Crippen molar-refractivity contribution in [2.45, 2.75) is 77.5 Å². The molecule has 1 saturated heterocycles. The Hall–Kier alpha value is -0.340. The Balaban J connectivity index is 1.95. The Morgan fingerprint density at radius 1 is 1.35 bits per heavy atom. The zero-order valence-electron chi connectivity index (χ0n) is 11.8. The maximum atomic E-state index is 6.11. The summed E-state index contributed by atoms with van der Waals surface area (Å²) >= 11 is 0. The Labute approximate surface area is 106 Å². The van der Waals surface area contributed by atoms with Crippen molar-refractivity contribution in [1.29, 1.82) is 0 Å². The summed E-state index contributed by atoms with van der Waals surface area (Å²) in [6.45, 7) is 9.02. The fourth-order valence-electron chi connectivity index (χ4n) is 3.40. The molecule has 2 N–H and O–H groups in total. The van der Waals surface area contributed by atoms with Crippen molar-refractivity contribution in [3.05, 3.63) is 11.6 Å². The smallest absolute Gasteiger partial charge is 0.0631 e. The Bertz CT molecular complexity index is 317. The van der Waals surface area contributed by atoms with Gasteiger partial charge in [-0.25, -0.2) is 0 Å². The molecule has 0 aromatic heterocycles. The van der Waals surface area contributed by atoms with Gasteiger partial charge >= 0.3 is 0 Å². The van der Waals surface area contributed by atoms with Crippen LogP contribution in [0.15, 0.2) is 11.6 Å². The molecule has 1 fully saturated rings. The summed E-state index contributed by atoms with van der Waals surface area (Å²) in [6.07, 6.45) is 8.44. The molecule has 1 aliphatic carbocycles. The third kappa shape index (κ3) is 3.56. The third-order valence-electron chi connectivity index (χ3n) is 3.99. The lowest BCUT2D eigenvalue weighted by Gasteiger charge is -2.34. The van der Waals surface area contributed by atoms with Crippen molar-refractivity contribution < 1.29 is 4.74 Å². The van der Waals surface area contributed by atoms with Gasteiger partial charge in [0.05, 0.1) is 11.7 Å². The van der Waals surface area contributed by atoms with E-state index in [0.29, 0.717) is 11.5 Å². The van der Waals surface area contributed by atoms with Crippen LogP contribution in [0.4, 0.5) is 0 Å². The molecule has 1 aliphatic heterocycles. The lowest BCUT2D eigenvalue weighted by molar-refractivity contribution is -0.0153. The molecule has 0 amide bonds. The van der Waals surface area contributed by atoms with Crippen LogP contribution in [0, 0.1) is 5.41 Å². The standard InChI is InChI=1S/C15H27NO/c1-14(2)9-11(7-12(16)10-14)8-13-5-6-15(3,4)17-13/h7,12-13H,5-6,8-10,16H2,1-4H3. The summed E-state index contributed by atoms with van der Waals surface area (Å²) in [5, 5.41) is 0. The average Bonchev–Trinajstić information content (AvgIpc) is 2.41. The van der Waals surface area contributed by atoms with Crippen LogP contribution in [0.5, 0.6) is 0 Å². The number of ether oxygens (including phenoxy) is 1. The minimum atomic E-state index is 0.0809. The van der Waals surface area contributed by atoms with Gasteiger partial charge in [0.15, 0.2) is 0 Å². The number of hydrogen-bond donors (Lipinski definition) is 1. The van der Waals surface area contributed by atoms with Gasteiger partial charge in [0.1, 0.15) is 0 Å². The minimum Gasteiger partial charge on any atom is -0.372 e. The van der Waals surface area contributed by atoms with Gasteiger partial charge in [-0.15, -0.1) is 0 Å². The first-order valence-corrected chi connectivity index (χ1v) is 6.89. The Morgan fingerprint density at radius 2 is 2.06 bits per heavy atom. The van der Waals surface area contributed by atoms with E-state index >= 15 is 0 Å². The molecular formula is C15H27NO. The lowest BCUT2D eigenvalue weighted by atomic mass is 9.74. The van der Waals surface area contributed by atoms with Crippen LogP contribution in [0.25, 0.3) is 0 Å². The first-order valence-electron chi connectivity index (χ1n) is 6.89. The van der Waals surface area contributed by atoms with Crippen LogP contribution in [0.3, 0.4) is 0 Å². The topological polar surface area (TPSA) is 35.2 Å². The van der Waals surface area contributed by atoms with Crippen LogP contribution < -0.4 is 5.73 Å². The molecule has 2 atom stereocenters.